The minimum absolute atomic E-state index is 0.0949. The van der Waals surface area contributed by atoms with E-state index in [-0.39, 0.29) is 18.4 Å². The van der Waals surface area contributed by atoms with Gasteiger partial charge in [0.1, 0.15) is 5.75 Å². The number of aryl methyl sites for hydroxylation is 3. The lowest BCUT2D eigenvalue weighted by Crippen LogP contribution is -2.27. The maximum absolute atomic E-state index is 12.9. The SMILES string of the molecule is Cc1ccc(N2C(=O)/C(=C/c3ccc(OCC(=O)Nc4c(C)cccc4C)cc3)SC2=S)cc1. The van der Waals surface area contributed by atoms with E-state index in [0.29, 0.717) is 15.0 Å². The summed E-state index contributed by atoms with van der Waals surface area (Å²) < 4.78 is 6.14. The second-order valence-electron chi connectivity index (χ2n) is 8.03. The Morgan fingerprint density at radius 2 is 1.65 bits per heavy atom. The van der Waals surface area contributed by atoms with Gasteiger partial charge >= 0.3 is 0 Å². The van der Waals surface area contributed by atoms with Crippen LogP contribution >= 0.6 is 24.0 Å². The van der Waals surface area contributed by atoms with Gasteiger partial charge in [-0.05, 0) is 67.8 Å². The minimum atomic E-state index is -0.221. The number of carbonyl (C=O) groups is 2. The van der Waals surface area contributed by atoms with E-state index >= 15 is 0 Å². The van der Waals surface area contributed by atoms with Crippen molar-refractivity contribution in [3.63, 3.8) is 0 Å². The molecule has 0 bridgehead atoms. The monoisotopic (exact) mass is 488 g/mol. The van der Waals surface area contributed by atoms with E-state index < -0.39 is 0 Å². The highest BCUT2D eigenvalue weighted by Crippen LogP contribution is 2.36. The fourth-order valence-electron chi connectivity index (χ4n) is 3.53. The van der Waals surface area contributed by atoms with E-state index in [1.54, 1.807) is 17.0 Å². The molecule has 0 atom stereocenters. The normalized spacial score (nSPS) is 14.6. The van der Waals surface area contributed by atoms with Crippen LogP contribution in [0.25, 0.3) is 6.08 Å². The topological polar surface area (TPSA) is 58.6 Å². The number of amides is 2. The second-order valence-corrected chi connectivity index (χ2v) is 9.70. The van der Waals surface area contributed by atoms with Gasteiger partial charge in [0.15, 0.2) is 10.9 Å². The summed E-state index contributed by atoms with van der Waals surface area (Å²) in [6, 6.07) is 20.8. The van der Waals surface area contributed by atoms with Crippen molar-refractivity contribution in [2.75, 3.05) is 16.8 Å². The maximum atomic E-state index is 12.9. The zero-order valence-electron chi connectivity index (χ0n) is 19.1. The van der Waals surface area contributed by atoms with E-state index in [1.807, 2.05) is 81.4 Å². The van der Waals surface area contributed by atoms with E-state index in [2.05, 4.69) is 5.32 Å². The molecular formula is C27H24N2O3S2. The van der Waals surface area contributed by atoms with Crippen molar-refractivity contribution in [1.29, 1.82) is 0 Å². The molecule has 172 valence electrons. The molecule has 0 aliphatic carbocycles. The standard InChI is InChI=1S/C27H24N2O3S2/c1-17-7-11-21(12-8-17)29-26(31)23(34-27(29)33)15-20-9-13-22(14-10-20)32-16-24(30)28-25-18(2)5-4-6-19(25)3/h4-15H,16H2,1-3H3,(H,28,30)/b23-15-. The molecule has 1 saturated heterocycles. The van der Waals surface area contributed by atoms with Gasteiger partial charge in [-0.3, -0.25) is 14.5 Å². The van der Waals surface area contributed by atoms with Crippen LogP contribution in [-0.2, 0) is 9.59 Å². The summed E-state index contributed by atoms with van der Waals surface area (Å²) >= 11 is 6.72. The number of thioether (sulfide) groups is 1. The molecule has 1 aliphatic heterocycles. The summed E-state index contributed by atoms with van der Waals surface area (Å²) in [6.07, 6.45) is 1.81. The van der Waals surface area contributed by atoms with Crippen LogP contribution in [0.5, 0.6) is 5.75 Å². The molecule has 0 unspecified atom stereocenters. The van der Waals surface area contributed by atoms with Gasteiger partial charge in [-0.25, -0.2) is 0 Å². The highest BCUT2D eigenvalue weighted by Gasteiger charge is 2.33. The lowest BCUT2D eigenvalue weighted by Gasteiger charge is -2.14. The third-order valence-corrected chi connectivity index (χ3v) is 6.68. The predicted octanol–water partition coefficient (Wildman–Crippen LogP) is 6.04. The van der Waals surface area contributed by atoms with Crippen LogP contribution < -0.4 is 15.0 Å². The zero-order chi connectivity index (χ0) is 24.2. The number of benzene rings is 3. The lowest BCUT2D eigenvalue weighted by molar-refractivity contribution is -0.118. The fraction of sp³-hybridized carbons (Fsp3) is 0.148. The van der Waals surface area contributed by atoms with Gasteiger partial charge in [-0.1, -0.05) is 72.0 Å². The molecule has 34 heavy (non-hydrogen) atoms. The average molecular weight is 489 g/mol. The Balaban J connectivity index is 1.38. The van der Waals surface area contributed by atoms with Gasteiger partial charge in [0.05, 0.1) is 10.6 Å². The molecule has 4 rings (SSSR count). The molecule has 3 aromatic carbocycles. The van der Waals surface area contributed by atoms with Crippen LogP contribution in [0, 0.1) is 20.8 Å². The minimum Gasteiger partial charge on any atom is -0.484 e. The quantitative estimate of drug-likeness (QED) is 0.339. The highest BCUT2D eigenvalue weighted by molar-refractivity contribution is 8.27. The van der Waals surface area contributed by atoms with Crippen molar-refractivity contribution >= 4 is 57.6 Å². The Kier molecular flexibility index (Phi) is 7.14. The van der Waals surface area contributed by atoms with Crippen molar-refractivity contribution < 1.29 is 14.3 Å². The van der Waals surface area contributed by atoms with Gasteiger partial charge in [-0.15, -0.1) is 0 Å². The van der Waals surface area contributed by atoms with Crippen molar-refractivity contribution in [3.8, 4) is 5.75 Å². The molecule has 0 saturated carbocycles. The number of carbonyl (C=O) groups excluding carboxylic acids is 2. The third-order valence-electron chi connectivity index (χ3n) is 5.38. The van der Waals surface area contributed by atoms with Crippen molar-refractivity contribution in [2.45, 2.75) is 20.8 Å². The van der Waals surface area contributed by atoms with Crippen LogP contribution in [0.3, 0.4) is 0 Å². The molecular weight excluding hydrogens is 464 g/mol. The molecule has 1 aliphatic rings. The number of nitrogens with zero attached hydrogens (tertiary/aromatic N) is 1. The Labute approximate surface area is 208 Å². The van der Waals surface area contributed by atoms with Gasteiger partial charge in [0.25, 0.3) is 11.8 Å². The average Bonchev–Trinajstić information content (AvgIpc) is 3.09. The molecule has 0 radical (unpaired) electrons. The third kappa shape index (κ3) is 5.38. The zero-order valence-corrected chi connectivity index (χ0v) is 20.8. The molecule has 1 N–H and O–H groups in total. The fourth-order valence-corrected chi connectivity index (χ4v) is 4.83. The van der Waals surface area contributed by atoms with Crippen LogP contribution in [0.4, 0.5) is 11.4 Å². The number of para-hydroxylation sites is 1. The van der Waals surface area contributed by atoms with E-state index in [0.717, 1.165) is 33.6 Å². The molecule has 7 heteroatoms. The first kappa shape index (κ1) is 23.7. The van der Waals surface area contributed by atoms with Crippen molar-refractivity contribution in [3.05, 3.63) is 93.9 Å². The first-order chi connectivity index (χ1) is 16.3. The molecule has 2 amide bonds. The summed E-state index contributed by atoms with van der Waals surface area (Å²) in [5.41, 5.74) is 5.55. The molecule has 0 aromatic heterocycles. The number of rotatable bonds is 6. The Bertz CT molecular complexity index is 1260. The molecule has 1 fully saturated rings. The second kappa shape index (κ2) is 10.2. The molecule has 5 nitrogen and oxygen atoms in total. The van der Waals surface area contributed by atoms with Gasteiger partial charge < -0.3 is 10.1 Å². The Morgan fingerprint density at radius 3 is 2.29 bits per heavy atom. The number of nitrogens with one attached hydrogen (secondary N) is 1. The lowest BCUT2D eigenvalue weighted by atomic mass is 10.1. The number of anilines is 2. The van der Waals surface area contributed by atoms with Crippen LogP contribution in [0.2, 0.25) is 0 Å². The van der Waals surface area contributed by atoms with Crippen molar-refractivity contribution in [1.82, 2.24) is 0 Å². The van der Waals surface area contributed by atoms with Gasteiger partial charge in [-0.2, -0.15) is 0 Å². The maximum Gasteiger partial charge on any atom is 0.270 e. The first-order valence-electron chi connectivity index (χ1n) is 10.8. The molecule has 1 heterocycles. The number of hydrogen-bond acceptors (Lipinski definition) is 5. The Morgan fingerprint density at radius 1 is 1.00 bits per heavy atom. The largest absolute Gasteiger partial charge is 0.484 e. The summed E-state index contributed by atoms with van der Waals surface area (Å²) in [5.74, 6) is 0.213. The number of thiocarbonyl (C=S) groups is 1. The number of hydrogen-bond donors (Lipinski definition) is 1. The summed E-state index contributed by atoms with van der Waals surface area (Å²) in [5, 5.41) is 2.91. The van der Waals surface area contributed by atoms with Gasteiger partial charge in [0.2, 0.25) is 0 Å². The Hall–Kier alpha value is -3.42. The summed E-state index contributed by atoms with van der Waals surface area (Å²) in [4.78, 5) is 27.4. The first-order valence-corrected chi connectivity index (χ1v) is 12.0. The smallest absolute Gasteiger partial charge is 0.270 e. The van der Waals surface area contributed by atoms with Gasteiger partial charge in [0, 0.05) is 5.69 Å². The summed E-state index contributed by atoms with van der Waals surface area (Å²) in [7, 11) is 0. The van der Waals surface area contributed by atoms with E-state index in [1.165, 1.54) is 11.8 Å². The van der Waals surface area contributed by atoms with Crippen LogP contribution in [0.1, 0.15) is 22.3 Å². The van der Waals surface area contributed by atoms with Crippen LogP contribution in [-0.4, -0.2) is 22.7 Å². The molecule has 0 spiro atoms. The highest BCUT2D eigenvalue weighted by atomic mass is 32.2. The molecule has 3 aromatic rings. The summed E-state index contributed by atoms with van der Waals surface area (Å²) in [6.45, 7) is 5.81. The predicted molar refractivity (Wildman–Crippen MR) is 143 cm³/mol. The van der Waals surface area contributed by atoms with Crippen molar-refractivity contribution in [2.24, 2.45) is 0 Å². The van der Waals surface area contributed by atoms with E-state index in [9.17, 15) is 9.59 Å². The van der Waals surface area contributed by atoms with Crippen LogP contribution in [0.15, 0.2) is 71.6 Å². The van der Waals surface area contributed by atoms with E-state index in [4.69, 9.17) is 17.0 Å². The number of ether oxygens (including phenoxy) is 1.